The van der Waals surface area contributed by atoms with Gasteiger partial charge in [-0.05, 0) is 13.8 Å². The van der Waals surface area contributed by atoms with E-state index in [0.29, 0.717) is 19.1 Å². The Morgan fingerprint density at radius 1 is 1.20 bits per heavy atom. The predicted octanol–water partition coefficient (Wildman–Crippen LogP) is -1.08. The van der Waals surface area contributed by atoms with E-state index in [9.17, 15) is 8.42 Å². The molecule has 2 N–H and O–H groups in total. The van der Waals surface area contributed by atoms with Crippen molar-refractivity contribution in [3.8, 4) is 0 Å². The molecule has 0 bridgehead atoms. The molecule has 0 spiro atoms. The number of nitrogens with zero attached hydrogens (tertiary/aromatic N) is 3. The normalized spacial score (nSPS) is 28.1. The molecule has 2 aliphatic rings. The van der Waals surface area contributed by atoms with Gasteiger partial charge in [0.25, 0.3) is 10.2 Å². The molecule has 0 aromatic rings. The molecule has 2 aliphatic heterocycles. The van der Waals surface area contributed by atoms with Crippen molar-refractivity contribution >= 4 is 10.2 Å². The van der Waals surface area contributed by atoms with Crippen molar-refractivity contribution in [3.05, 3.63) is 0 Å². The van der Waals surface area contributed by atoms with Crippen LogP contribution in [0.4, 0.5) is 0 Å². The van der Waals surface area contributed by atoms with Gasteiger partial charge in [0, 0.05) is 51.9 Å². The number of hydrogen-bond acceptors (Lipinski definition) is 5. The zero-order valence-electron chi connectivity index (χ0n) is 12.4. The summed E-state index contributed by atoms with van der Waals surface area (Å²) >= 11 is 0. The second-order valence-electron chi connectivity index (χ2n) is 5.83. The van der Waals surface area contributed by atoms with Gasteiger partial charge in [-0.15, -0.1) is 0 Å². The minimum Gasteiger partial charge on any atom is -0.374 e. The highest BCUT2D eigenvalue weighted by Crippen LogP contribution is 2.12. The maximum atomic E-state index is 11.3. The number of piperazine rings is 1. The highest BCUT2D eigenvalue weighted by Gasteiger charge is 2.28. The van der Waals surface area contributed by atoms with Crippen LogP contribution in [0.3, 0.4) is 0 Å². The van der Waals surface area contributed by atoms with E-state index < -0.39 is 10.2 Å². The molecule has 0 radical (unpaired) electrons. The second-order valence-corrected chi connectivity index (χ2v) is 7.37. The fourth-order valence-corrected chi connectivity index (χ4v) is 3.45. The highest BCUT2D eigenvalue weighted by molar-refractivity contribution is 7.86. The Bertz CT molecular complexity index is 407. The van der Waals surface area contributed by atoms with E-state index in [1.165, 1.54) is 4.31 Å². The van der Waals surface area contributed by atoms with Crippen LogP contribution >= 0.6 is 0 Å². The fourth-order valence-electron chi connectivity index (χ4n) is 2.78. The van der Waals surface area contributed by atoms with Crippen LogP contribution in [0.1, 0.15) is 13.8 Å². The van der Waals surface area contributed by atoms with Crippen LogP contribution in [0.2, 0.25) is 0 Å². The topological polar surface area (TPSA) is 79.1 Å². The van der Waals surface area contributed by atoms with Gasteiger partial charge in [-0.25, -0.2) is 5.14 Å². The van der Waals surface area contributed by atoms with Gasteiger partial charge in [-0.2, -0.15) is 12.7 Å². The van der Waals surface area contributed by atoms with Gasteiger partial charge in [-0.3, -0.25) is 9.80 Å². The molecule has 7 nitrogen and oxygen atoms in total. The molecule has 2 heterocycles. The summed E-state index contributed by atoms with van der Waals surface area (Å²) in [5.74, 6) is 0. The molecule has 8 heteroatoms. The van der Waals surface area contributed by atoms with E-state index in [1.807, 2.05) is 0 Å². The molecule has 0 unspecified atom stereocenters. The van der Waals surface area contributed by atoms with Crippen LogP contribution in [0.15, 0.2) is 0 Å². The molecule has 0 amide bonds. The summed E-state index contributed by atoms with van der Waals surface area (Å²) in [5, 5.41) is 5.14. The lowest BCUT2D eigenvalue weighted by atomic mass is 10.2. The third-order valence-electron chi connectivity index (χ3n) is 4.05. The average molecular weight is 306 g/mol. The third kappa shape index (κ3) is 4.37. The van der Waals surface area contributed by atoms with Crippen LogP contribution in [0.5, 0.6) is 0 Å². The monoisotopic (exact) mass is 306 g/mol. The quantitative estimate of drug-likeness (QED) is 0.714. The molecule has 0 aromatic carbocycles. The Hall–Kier alpha value is -0.250. The highest BCUT2D eigenvalue weighted by atomic mass is 32.2. The van der Waals surface area contributed by atoms with E-state index >= 15 is 0 Å². The molecule has 0 aromatic heterocycles. The zero-order chi connectivity index (χ0) is 14.8. The molecule has 1 atom stereocenters. The molecular formula is C12H26N4O3S. The molecule has 20 heavy (non-hydrogen) atoms. The summed E-state index contributed by atoms with van der Waals surface area (Å²) in [6.45, 7) is 10.4. The van der Waals surface area contributed by atoms with E-state index in [-0.39, 0.29) is 6.10 Å². The molecule has 2 fully saturated rings. The van der Waals surface area contributed by atoms with Gasteiger partial charge in [-0.1, -0.05) is 0 Å². The van der Waals surface area contributed by atoms with Crippen molar-refractivity contribution in [2.45, 2.75) is 26.0 Å². The summed E-state index contributed by atoms with van der Waals surface area (Å²) in [4.78, 5) is 4.69. The van der Waals surface area contributed by atoms with E-state index in [0.717, 1.165) is 39.3 Å². The Morgan fingerprint density at radius 2 is 1.85 bits per heavy atom. The lowest BCUT2D eigenvalue weighted by Crippen LogP contribution is -2.55. The summed E-state index contributed by atoms with van der Waals surface area (Å²) < 4.78 is 29.7. The summed E-state index contributed by atoms with van der Waals surface area (Å²) in [5.41, 5.74) is 0. The van der Waals surface area contributed by atoms with E-state index in [1.54, 1.807) is 0 Å². The molecule has 2 saturated heterocycles. The first kappa shape index (κ1) is 16.1. The molecule has 0 saturated carbocycles. The van der Waals surface area contributed by atoms with Gasteiger partial charge >= 0.3 is 0 Å². The van der Waals surface area contributed by atoms with Gasteiger partial charge in [0.15, 0.2) is 0 Å². The van der Waals surface area contributed by atoms with Gasteiger partial charge in [0.2, 0.25) is 0 Å². The van der Waals surface area contributed by atoms with Crippen molar-refractivity contribution in [3.63, 3.8) is 0 Å². The minimum absolute atomic E-state index is 0.215. The van der Waals surface area contributed by atoms with Crippen LogP contribution < -0.4 is 5.14 Å². The maximum absolute atomic E-state index is 11.3. The van der Waals surface area contributed by atoms with Crippen molar-refractivity contribution in [2.75, 3.05) is 52.4 Å². The first-order chi connectivity index (χ1) is 9.36. The predicted molar refractivity (Wildman–Crippen MR) is 77.6 cm³/mol. The fraction of sp³-hybridized carbons (Fsp3) is 1.00. The first-order valence-electron chi connectivity index (χ1n) is 7.22. The number of nitrogens with two attached hydrogens (primary N) is 1. The van der Waals surface area contributed by atoms with Crippen LogP contribution in [0, 0.1) is 0 Å². The van der Waals surface area contributed by atoms with Crippen molar-refractivity contribution in [1.82, 2.24) is 14.1 Å². The second kappa shape index (κ2) is 6.67. The number of morpholine rings is 1. The van der Waals surface area contributed by atoms with Gasteiger partial charge in [0.1, 0.15) is 0 Å². The Balaban J connectivity index is 1.78. The van der Waals surface area contributed by atoms with Gasteiger partial charge in [0.05, 0.1) is 12.7 Å². The number of ether oxygens (including phenoxy) is 1. The minimum atomic E-state index is -3.54. The smallest absolute Gasteiger partial charge is 0.276 e. The van der Waals surface area contributed by atoms with Crippen molar-refractivity contribution < 1.29 is 13.2 Å². The Labute approximate surface area is 121 Å². The van der Waals surface area contributed by atoms with E-state index in [2.05, 4.69) is 23.6 Å². The lowest BCUT2D eigenvalue weighted by Gasteiger charge is -2.39. The number of hydrogen-bond donors (Lipinski definition) is 1. The van der Waals surface area contributed by atoms with Crippen molar-refractivity contribution in [1.29, 1.82) is 0 Å². The Kier molecular flexibility index (Phi) is 5.38. The van der Waals surface area contributed by atoms with E-state index in [4.69, 9.17) is 9.88 Å². The summed E-state index contributed by atoms with van der Waals surface area (Å²) in [7, 11) is -3.54. The number of rotatable bonds is 4. The maximum Gasteiger partial charge on any atom is 0.276 e. The standard InChI is InChI=1S/C12H26N4O3S/c1-11(2)15-7-8-19-12(10-15)9-14-3-5-16(6-4-14)20(13,17)18/h11-12H,3-10H2,1-2H3,(H2,13,17,18)/t12-/m1/s1. The third-order valence-corrected chi connectivity index (χ3v) is 5.14. The first-order valence-corrected chi connectivity index (χ1v) is 8.72. The van der Waals surface area contributed by atoms with Crippen LogP contribution in [0.25, 0.3) is 0 Å². The largest absolute Gasteiger partial charge is 0.374 e. The molecule has 118 valence electrons. The molecule has 2 rings (SSSR count). The summed E-state index contributed by atoms with van der Waals surface area (Å²) in [6.07, 6.45) is 0.215. The zero-order valence-corrected chi connectivity index (χ0v) is 13.2. The molecule has 0 aliphatic carbocycles. The SMILES string of the molecule is CC(C)N1CCO[C@H](CN2CCN(S(N)(=O)=O)CC2)C1. The Morgan fingerprint density at radius 3 is 2.40 bits per heavy atom. The van der Waals surface area contributed by atoms with Crippen molar-refractivity contribution in [2.24, 2.45) is 5.14 Å². The van der Waals surface area contributed by atoms with Crippen LogP contribution in [-0.2, 0) is 14.9 Å². The van der Waals surface area contributed by atoms with Gasteiger partial charge < -0.3 is 4.74 Å². The summed E-state index contributed by atoms with van der Waals surface area (Å²) in [6, 6.07) is 0.542. The molecular weight excluding hydrogens is 280 g/mol. The lowest BCUT2D eigenvalue weighted by molar-refractivity contribution is -0.0545. The van der Waals surface area contributed by atoms with Crippen LogP contribution in [-0.4, -0.2) is 87.1 Å². The average Bonchev–Trinajstić information content (AvgIpc) is 2.38.